The molecule has 110 valence electrons. The first-order valence-electron chi connectivity index (χ1n) is 7.16. The Morgan fingerprint density at radius 1 is 1.29 bits per heavy atom. The summed E-state index contributed by atoms with van der Waals surface area (Å²) in [7, 11) is 0. The molecule has 21 heavy (non-hydrogen) atoms. The lowest BCUT2D eigenvalue weighted by molar-refractivity contribution is -0.141. The van der Waals surface area contributed by atoms with E-state index in [-0.39, 0.29) is 18.7 Å². The van der Waals surface area contributed by atoms with Gasteiger partial charge in [-0.25, -0.2) is 4.79 Å². The van der Waals surface area contributed by atoms with Gasteiger partial charge in [0, 0.05) is 6.42 Å². The summed E-state index contributed by atoms with van der Waals surface area (Å²) in [5.74, 6) is 0.847. The fourth-order valence-corrected chi connectivity index (χ4v) is 2.65. The second kappa shape index (κ2) is 6.94. The molecule has 1 aliphatic carbocycles. The number of aryl methyl sites for hydroxylation is 2. The van der Waals surface area contributed by atoms with Crippen molar-refractivity contribution < 1.29 is 14.7 Å². The molecule has 1 aromatic rings. The first-order valence-corrected chi connectivity index (χ1v) is 7.16. The number of carboxylic acids is 1. The van der Waals surface area contributed by atoms with Crippen molar-refractivity contribution in [2.24, 2.45) is 0 Å². The van der Waals surface area contributed by atoms with Crippen molar-refractivity contribution in [1.29, 1.82) is 0 Å². The molecule has 1 amide bonds. The topological polar surface area (TPSA) is 66.4 Å². The standard InChI is InChI=1S/C17H19NO3/c1-2-5-15(17(20)21)18-16(19)11-12-8-9-13-6-3-4-7-14(13)10-12/h1,8-10,15H,3-7,11H2,(H,18,19)(H,20,21). The van der Waals surface area contributed by atoms with E-state index >= 15 is 0 Å². The summed E-state index contributed by atoms with van der Waals surface area (Å²) in [5, 5.41) is 11.4. The smallest absolute Gasteiger partial charge is 0.327 e. The number of amides is 1. The van der Waals surface area contributed by atoms with Crippen LogP contribution in [0.1, 0.15) is 36.0 Å². The number of hydrogen-bond acceptors (Lipinski definition) is 2. The number of nitrogens with one attached hydrogen (secondary N) is 1. The minimum Gasteiger partial charge on any atom is -0.480 e. The summed E-state index contributed by atoms with van der Waals surface area (Å²) in [6, 6.07) is 5.07. The highest BCUT2D eigenvalue weighted by Crippen LogP contribution is 2.22. The summed E-state index contributed by atoms with van der Waals surface area (Å²) < 4.78 is 0. The number of fused-ring (bicyclic) bond motifs is 1. The summed E-state index contributed by atoms with van der Waals surface area (Å²) in [5.41, 5.74) is 3.59. The van der Waals surface area contributed by atoms with Crippen LogP contribution in [0.3, 0.4) is 0 Å². The number of carboxylic acid groups (broad SMARTS) is 1. The second-order valence-corrected chi connectivity index (χ2v) is 5.35. The van der Waals surface area contributed by atoms with Gasteiger partial charge in [0.2, 0.25) is 5.91 Å². The molecule has 0 fully saturated rings. The molecule has 1 unspecified atom stereocenters. The highest BCUT2D eigenvalue weighted by molar-refractivity contribution is 5.85. The van der Waals surface area contributed by atoms with Crippen molar-refractivity contribution in [2.75, 3.05) is 0 Å². The summed E-state index contributed by atoms with van der Waals surface area (Å²) in [6.07, 6.45) is 9.85. The molecule has 0 aromatic heterocycles. The van der Waals surface area contributed by atoms with Crippen LogP contribution in [0.2, 0.25) is 0 Å². The Kier molecular flexibility index (Phi) is 4.99. The minimum atomic E-state index is -1.10. The SMILES string of the molecule is C#CCC(NC(=O)Cc1ccc2c(c1)CCCC2)C(=O)O. The van der Waals surface area contributed by atoms with Crippen LogP contribution >= 0.6 is 0 Å². The molecule has 1 aliphatic rings. The van der Waals surface area contributed by atoms with Crippen molar-refractivity contribution in [3.05, 3.63) is 34.9 Å². The molecule has 0 bridgehead atoms. The Morgan fingerprint density at radius 3 is 2.67 bits per heavy atom. The largest absolute Gasteiger partial charge is 0.480 e. The number of rotatable bonds is 5. The third kappa shape index (κ3) is 4.09. The zero-order valence-electron chi connectivity index (χ0n) is 11.9. The maximum atomic E-state index is 11.9. The Hall–Kier alpha value is -2.28. The van der Waals surface area contributed by atoms with Gasteiger partial charge in [0.1, 0.15) is 6.04 Å². The summed E-state index contributed by atoms with van der Waals surface area (Å²) in [4.78, 5) is 22.9. The van der Waals surface area contributed by atoms with Crippen molar-refractivity contribution >= 4 is 11.9 Å². The molecule has 2 rings (SSSR count). The Balaban J connectivity index is 1.99. The van der Waals surface area contributed by atoms with E-state index in [2.05, 4.69) is 23.4 Å². The van der Waals surface area contributed by atoms with Gasteiger partial charge in [-0.3, -0.25) is 4.79 Å². The first-order chi connectivity index (χ1) is 10.1. The van der Waals surface area contributed by atoms with Crippen molar-refractivity contribution in [1.82, 2.24) is 5.32 Å². The van der Waals surface area contributed by atoms with Gasteiger partial charge in [0.15, 0.2) is 0 Å². The van der Waals surface area contributed by atoms with E-state index < -0.39 is 12.0 Å². The van der Waals surface area contributed by atoms with Gasteiger partial charge in [-0.2, -0.15) is 0 Å². The predicted molar refractivity (Wildman–Crippen MR) is 79.8 cm³/mol. The van der Waals surface area contributed by atoms with Crippen LogP contribution in [-0.4, -0.2) is 23.0 Å². The third-order valence-electron chi connectivity index (χ3n) is 3.73. The predicted octanol–water partition coefficient (Wildman–Crippen LogP) is 1.70. The van der Waals surface area contributed by atoms with Gasteiger partial charge in [-0.15, -0.1) is 12.3 Å². The van der Waals surface area contributed by atoms with Crippen LogP contribution in [-0.2, 0) is 28.9 Å². The number of carbonyl (C=O) groups excluding carboxylic acids is 1. The minimum absolute atomic E-state index is 0.00867. The normalized spacial score (nSPS) is 14.6. The zero-order valence-corrected chi connectivity index (χ0v) is 11.9. The van der Waals surface area contributed by atoms with E-state index in [4.69, 9.17) is 11.5 Å². The maximum absolute atomic E-state index is 11.9. The Labute approximate surface area is 124 Å². The van der Waals surface area contributed by atoms with E-state index in [9.17, 15) is 9.59 Å². The fraction of sp³-hybridized carbons (Fsp3) is 0.412. The molecule has 0 heterocycles. The summed E-state index contributed by atoms with van der Waals surface area (Å²) >= 11 is 0. The average molecular weight is 285 g/mol. The van der Waals surface area contributed by atoms with Gasteiger partial charge in [-0.05, 0) is 42.4 Å². The molecule has 0 aliphatic heterocycles. The number of terminal acetylenes is 1. The number of aliphatic carboxylic acids is 1. The quantitative estimate of drug-likeness (QED) is 0.809. The van der Waals surface area contributed by atoms with Crippen molar-refractivity contribution in [3.63, 3.8) is 0 Å². The monoisotopic (exact) mass is 285 g/mol. The van der Waals surface area contributed by atoms with Gasteiger partial charge in [-0.1, -0.05) is 18.2 Å². The van der Waals surface area contributed by atoms with E-state index in [0.717, 1.165) is 18.4 Å². The van der Waals surface area contributed by atoms with Crippen molar-refractivity contribution in [2.45, 2.75) is 44.6 Å². The van der Waals surface area contributed by atoms with E-state index in [0.29, 0.717) is 0 Å². The van der Waals surface area contributed by atoms with Crippen LogP contribution in [0.4, 0.5) is 0 Å². The number of hydrogen-bond donors (Lipinski definition) is 2. The third-order valence-corrected chi connectivity index (χ3v) is 3.73. The molecular weight excluding hydrogens is 266 g/mol. The first kappa shape index (κ1) is 15.1. The highest BCUT2D eigenvalue weighted by Gasteiger charge is 2.19. The molecule has 2 N–H and O–H groups in total. The highest BCUT2D eigenvalue weighted by atomic mass is 16.4. The molecule has 4 heteroatoms. The molecule has 0 radical (unpaired) electrons. The second-order valence-electron chi connectivity index (χ2n) is 5.35. The molecule has 0 spiro atoms. The lowest BCUT2D eigenvalue weighted by atomic mass is 9.90. The molecular formula is C17H19NO3. The van der Waals surface area contributed by atoms with E-state index in [1.807, 2.05) is 6.07 Å². The maximum Gasteiger partial charge on any atom is 0.327 e. The van der Waals surface area contributed by atoms with Crippen LogP contribution in [0.15, 0.2) is 18.2 Å². The molecule has 0 saturated carbocycles. The average Bonchev–Trinajstić information content (AvgIpc) is 2.46. The van der Waals surface area contributed by atoms with Gasteiger partial charge in [0.25, 0.3) is 0 Å². The number of benzene rings is 1. The van der Waals surface area contributed by atoms with E-state index in [1.54, 1.807) is 0 Å². The fourth-order valence-electron chi connectivity index (χ4n) is 2.65. The summed E-state index contributed by atoms with van der Waals surface area (Å²) in [6.45, 7) is 0. The molecule has 0 saturated heterocycles. The van der Waals surface area contributed by atoms with E-state index in [1.165, 1.54) is 24.0 Å². The Bertz CT molecular complexity index is 586. The van der Waals surface area contributed by atoms with Gasteiger partial charge in [0.05, 0.1) is 6.42 Å². The van der Waals surface area contributed by atoms with Crippen LogP contribution < -0.4 is 5.32 Å². The number of carbonyl (C=O) groups is 2. The van der Waals surface area contributed by atoms with Crippen molar-refractivity contribution in [3.8, 4) is 12.3 Å². The lowest BCUT2D eigenvalue weighted by Gasteiger charge is -2.17. The van der Waals surface area contributed by atoms with Crippen LogP contribution in [0.5, 0.6) is 0 Å². The Morgan fingerprint density at radius 2 is 2.00 bits per heavy atom. The van der Waals surface area contributed by atoms with Crippen LogP contribution in [0.25, 0.3) is 0 Å². The molecule has 4 nitrogen and oxygen atoms in total. The van der Waals surface area contributed by atoms with Crippen LogP contribution in [0, 0.1) is 12.3 Å². The zero-order chi connectivity index (χ0) is 15.2. The molecule has 1 atom stereocenters. The van der Waals surface area contributed by atoms with Gasteiger partial charge >= 0.3 is 5.97 Å². The lowest BCUT2D eigenvalue weighted by Crippen LogP contribution is -2.41. The molecule has 1 aromatic carbocycles. The van der Waals surface area contributed by atoms with Gasteiger partial charge < -0.3 is 10.4 Å².